The average Bonchev–Trinajstić information content (AvgIpc) is 2.93. The average molecular weight is 624 g/mol. The Kier molecular flexibility index (Phi) is 8.92. The Morgan fingerprint density at radius 1 is 0.930 bits per heavy atom. The van der Waals surface area contributed by atoms with Gasteiger partial charge in [0.2, 0.25) is 10.0 Å². The summed E-state index contributed by atoms with van der Waals surface area (Å²) in [5.41, 5.74) is -5.07. The lowest BCUT2D eigenvalue weighted by atomic mass is 10.0. The van der Waals surface area contributed by atoms with E-state index in [0.717, 1.165) is 23.0 Å². The Bertz CT molecular complexity index is 1890. The molecule has 1 heterocycles. The lowest BCUT2D eigenvalue weighted by molar-refractivity contribution is -0.138. The molecule has 1 aromatic heterocycles. The van der Waals surface area contributed by atoms with Gasteiger partial charge < -0.3 is 4.74 Å². The van der Waals surface area contributed by atoms with Gasteiger partial charge in [0.05, 0.1) is 43.6 Å². The number of nitrogens with one attached hydrogen (secondary N) is 1. The molecule has 0 amide bonds. The van der Waals surface area contributed by atoms with E-state index < -0.39 is 74.9 Å². The number of aromatic nitrogens is 2. The quantitative estimate of drug-likeness (QED) is 0.274. The van der Waals surface area contributed by atoms with Crippen molar-refractivity contribution in [3.63, 3.8) is 0 Å². The summed E-state index contributed by atoms with van der Waals surface area (Å²) in [7, 11) is -2.73. The minimum Gasteiger partial charge on any atom is -0.494 e. The predicted molar refractivity (Wildman–Crippen MR) is 149 cm³/mol. The molecule has 4 aromatic rings. The van der Waals surface area contributed by atoms with Crippen LogP contribution in [-0.4, -0.2) is 30.9 Å². The van der Waals surface area contributed by atoms with Crippen molar-refractivity contribution in [2.75, 3.05) is 13.4 Å². The summed E-state index contributed by atoms with van der Waals surface area (Å²) in [5, 5.41) is 0. The van der Waals surface area contributed by atoms with Gasteiger partial charge in [-0.3, -0.25) is 13.9 Å². The molecule has 0 aliphatic heterocycles. The van der Waals surface area contributed by atoms with Crippen LogP contribution in [0, 0.1) is 18.6 Å². The molecule has 0 aliphatic carbocycles. The number of hydrogen-bond donors (Lipinski definition) is 1. The van der Waals surface area contributed by atoms with Gasteiger partial charge in [0.25, 0.3) is 5.56 Å². The smallest absolute Gasteiger partial charge is 0.416 e. The Hall–Kier alpha value is -4.30. The number of sulfonamides is 1. The van der Waals surface area contributed by atoms with Crippen LogP contribution in [0.2, 0.25) is 0 Å². The molecular formula is C29H26F5N3O5S. The first kappa shape index (κ1) is 31.6. The number of nitrogens with zero attached hydrogens (tertiary/aromatic N) is 2. The Balaban J connectivity index is 2.05. The normalized spacial score (nSPS) is 12.7. The first-order chi connectivity index (χ1) is 20.1. The number of rotatable bonds is 9. The van der Waals surface area contributed by atoms with Crippen molar-refractivity contribution >= 4 is 10.0 Å². The van der Waals surface area contributed by atoms with Crippen molar-refractivity contribution < 1.29 is 35.1 Å². The van der Waals surface area contributed by atoms with Crippen LogP contribution in [0.1, 0.15) is 28.4 Å². The van der Waals surface area contributed by atoms with Gasteiger partial charge >= 0.3 is 11.9 Å². The molecule has 0 saturated heterocycles. The molecule has 8 nitrogen and oxygen atoms in total. The summed E-state index contributed by atoms with van der Waals surface area (Å²) in [6.07, 6.45) is -4.12. The lowest BCUT2D eigenvalue weighted by Gasteiger charge is -2.23. The van der Waals surface area contributed by atoms with Gasteiger partial charge in [-0.2, -0.15) is 13.2 Å². The molecule has 4 rings (SSSR count). The van der Waals surface area contributed by atoms with Gasteiger partial charge in [-0.05, 0) is 30.7 Å². The van der Waals surface area contributed by atoms with Crippen molar-refractivity contribution in [1.29, 1.82) is 0 Å². The maximum Gasteiger partial charge on any atom is 0.416 e. The fourth-order valence-electron chi connectivity index (χ4n) is 4.80. The standard InChI is InChI=1S/C29H26F5N3O5S/c1-17-25(19-11-7-14-24(42-2)26(19)31)27(38)37(16-23(35-43(3,40)41)18-9-5-4-6-10-18)28(39)36(17)15-20-21(29(32,33)34)12-8-13-22(20)30/h4-14,23,35H,15-16H2,1-3H3/t23-/m0/s1. The third-order valence-corrected chi connectivity index (χ3v) is 7.52. The fraction of sp³-hybridized carbons (Fsp3) is 0.241. The van der Waals surface area contributed by atoms with Gasteiger partial charge in [0, 0.05) is 16.8 Å². The summed E-state index contributed by atoms with van der Waals surface area (Å²) >= 11 is 0. The molecule has 0 fully saturated rings. The zero-order chi connectivity index (χ0) is 31.7. The van der Waals surface area contributed by atoms with Crippen LogP contribution in [0.5, 0.6) is 5.75 Å². The fourth-order valence-corrected chi connectivity index (χ4v) is 5.53. The number of benzene rings is 3. The molecule has 228 valence electrons. The number of halogens is 5. The zero-order valence-corrected chi connectivity index (χ0v) is 23.9. The van der Waals surface area contributed by atoms with Gasteiger partial charge in [-0.25, -0.2) is 26.7 Å². The molecule has 0 spiro atoms. The second-order valence-electron chi connectivity index (χ2n) is 9.68. The number of hydrogen-bond acceptors (Lipinski definition) is 5. The van der Waals surface area contributed by atoms with E-state index >= 15 is 4.39 Å². The molecule has 0 saturated carbocycles. The number of ether oxygens (including phenoxy) is 1. The van der Waals surface area contributed by atoms with E-state index in [1.165, 1.54) is 44.4 Å². The first-order valence-corrected chi connectivity index (χ1v) is 14.6. The van der Waals surface area contributed by atoms with E-state index in [1.54, 1.807) is 18.2 Å². The highest BCUT2D eigenvalue weighted by Crippen LogP contribution is 2.34. The van der Waals surface area contributed by atoms with Crippen molar-refractivity contribution in [2.45, 2.75) is 32.2 Å². The molecule has 0 bridgehead atoms. The second kappa shape index (κ2) is 12.1. The molecule has 0 aliphatic rings. The predicted octanol–water partition coefficient (Wildman–Crippen LogP) is 4.63. The third kappa shape index (κ3) is 6.70. The van der Waals surface area contributed by atoms with Crippen LogP contribution in [0.15, 0.2) is 76.3 Å². The van der Waals surface area contributed by atoms with Gasteiger partial charge in [0.15, 0.2) is 11.6 Å². The van der Waals surface area contributed by atoms with Crippen molar-refractivity contribution in [3.05, 3.63) is 122 Å². The third-order valence-electron chi connectivity index (χ3n) is 6.80. The molecule has 43 heavy (non-hydrogen) atoms. The zero-order valence-electron chi connectivity index (χ0n) is 23.1. The molecule has 3 aromatic carbocycles. The SMILES string of the molecule is COc1cccc(-c2c(C)n(Cc3c(F)cccc3C(F)(F)F)c(=O)n(C[C@H](NS(C)(=O)=O)c3ccccc3)c2=O)c1F. The molecule has 1 atom stereocenters. The van der Waals surface area contributed by atoms with Crippen molar-refractivity contribution in [2.24, 2.45) is 0 Å². The van der Waals surface area contributed by atoms with E-state index in [4.69, 9.17) is 4.74 Å². The van der Waals surface area contributed by atoms with E-state index in [2.05, 4.69) is 4.72 Å². The van der Waals surface area contributed by atoms with Crippen LogP contribution in [0.3, 0.4) is 0 Å². The molecule has 1 N–H and O–H groups in total. The molecular weight excluding hydrogens is 597 g/mol. The summed E-state index contributed by atoms with van der Waals surface area (Å²) in [6.45, 7) is -0.378. The largest absolute Gasteiger partial charge is 0.494 e. The van der Waals surface area contributed by atoms with Gasteiger partial charge in [0.1, 0.15) is 5.82 Å². The van der Waals surface area contributed by atoms with Crippen molar-refractivity contribution in [1.82, 2.24) is 13.9 Å². The van der Waals surface area contributed by atoms with E-state index in [1.807, 2.05) is 0 Å². The van der Waals surface area contributed by atoms with Gasteiger partial charge in [-0.15, -0.1) is 0 Å². The number of methoxy groups -OCH3 is 1. The number of alkyl halides is 3. The second-order valence-corrected chi connectivity index (χ2v) is 11.5. The summed E-state index contributed by atoms with van der Waals surface area (Å²) in [5.74, 6) is -2.50. The highest BCUT2D eigenvalue weighted by molar-refractivity contribution is 7.88. The highest BCUT2D eigenvalue weighted by atomic mass is 32.2. The van der Waals surface area contributed by atoms with E-state index in [-0.39, 0.29) is 17.0 Å². The van der Waals surface area contributed by atoms with Crippen LogP contribution in [0.25, 0.3) is 11.1 Å². The van der Waals surface area contributed by atoms with Crippen LogP contribution < -0.4 is 20.7 Å². The first-order valence-electron chi connectivity index (χ1n) is 12.7. The monoisotopic (exact) mass is 623 g/mol. The summed E-state index contributed by atoms with van der Waals surface area (Å²) in [6, 6.07) is 12.9. The lowest BCUT2D eigenvalue weighted by Crippen LogP contribution is -2.45. The van der Waals surface area contributed by atoms with Crippen LogP contribution in [-0.2, 0) is 29.3 Å². The van der Waals surface area contributed by atoms with Gasteiger partial charge in [-0.1, -0.05) is 48.5 Å². The Labute approximate surface area is 243 Å². The maximum atomic E-state index is 15.5. The van der Waals surface area contributed by atoms with Crippen LogP contribution in [0.4, 0.5) is 22.0 Å². The van der Waals surface area contributed by atoms with E-state index in [9.17, 15) is 35.6 Å². The topological polar surface area (TPSA) is 99.4 Å². The summed E-state index contributed by atoms with van der Waals surface area (Å²) in [4.78, 5) is 27.7. The molecule has 0 unspecified atom stereocenters. The molecule has 0 radical (unpaired) electrons. The van der Waals surface area contributed by atoms with Crippen molar-refractivity contribution in [3.8, 4) is 16.9 Å². The minimum atomic E-state index is -4.98. The Morgan fingerprint density at radius 2 is 1.58 bits per heavy atom. The van der Waals surface area contributed by atoms with Crippen LogP contribution >= 0.6 is 0 Å². The maximum absolute atomic E-state index is 15.5. The summed E-state index contributed by atoms with van der Waals surface area (Å²) < 4.78 is 105. The minimum absolute atomic E-state index is 0.248. The highest BCUT2D eigenvalue weighted by Gasteiger charge is 2.35. The Morgan fingerprint density at radius 3 is 2.19 bits per heavy atom. The van der Waals surface area contributed by atoms with E-state index in [0.29, 0.717) is 16.2 Å². The molecule has 14 heteroatoms.